The molecular weight excluding hydrogens is 326 g/mol. The molecule has 1 fully saturated rings. The largest absolute Gasteiger partial charge is 0.506 e. The third-order valence-corrected chi connectivity index (χ3v) is 4.79. The van der Waals surface area contributed by atoms with Gasteiger partial charge in [-0.1, -0.05) is 11.6 Å². The SMILES string of the molecule is CN1CCC(OCCCn2ccnc2-c2ccc(O)c(Cl)c2)CC1. The Hall–Kier alpha value is -1.56. The third kappa shape index (κ3) is 4.29. The number of phenols is 1. The minimum absolute atomic E-state index is 0.0880. The fourth-order valence-corrected chi connectivity index (χ4v) is 3.21. The number of likely N-dealkylation sites (tertiary alicyclic amines) is 1. The molecule has 1 aromatic carbocycles. The molecule has 1 aromatic heterocycles. The van der Waals surface area contributed by atoms with E-state index in [1.165, 1.54) is 0 Å². The first-order valence-electron chi connectivity index (χ1n) is 8.43. The van der Waals surface area contributed by atoms with Gasteiger partial charge in [0.25, 0.3) is 0 Å². The average Bonchev–Trinajstić information content (AvgIpc) is 3.04. The number of aromatic hydroxyl groups is 1. The van der Waals surface area contributed by atoms with Gasteiger partial charge < -0.3 is 19.3 Å². The summed E-state index contributed by atoms with van der Waals surface area (Å²) in [5.74, 6) is 0.946. The van der Waals surface area contributed by atoms with Crippen molar-refractivity contribution >= 4 is 11.6 Å². The van der Waals surface area contributed by atoms with Crippen LogP contribution in [-0.4, -0.2) is 52.4 Å². The molecule has 2 heterocycles. The number of aryl methyl sites for hydroxylation is 1. The van der Waals surface area contributed by atoms with E-state index >= 15 is 0 Å². The van der Waals surface area contributed by atoms with Gasteiger partial charge in [-0.3, -0.25) is 0 Å². The molecule has 0 atom stereocenters. The van der Waals surface area contributed by atoms with Crippen LogP contribution >= 0.6 is 11.6 Å². The van der Waals surface area contributed by atoms with E-state index in [9.17, 15) is 5.11 Å². The number of imidazole rings is 1. The summed E-state index contributed by atoms with van der Waals surface area (Å²) in [4.78, 5) is 6.76. The number of aromatic nitrogens is 2. The van der Waals surface area contributed by atoms with Crippen molar-refractivity contribution in [1.82, 2.24) is 14.5 Å². The topological polar surface area (TPSA) is 50.5 Å². The number of phenolic OH excluding ortho intramolecular Hbond substituents is 1. The molecule has 1 aliphatic rings. The first-order chi connectivity index (χ1) is 11.6. The van der Waals surface area contributed by atoms with E-state index in [-0.39, 0.29) is 5.75 Å². The number of halogens is 1. The van der Waals surface area contributed by atoms with Crippen molar-refractivity contribution < 1.29 is 9.84 Å². The van der Waals surface area contributed by atoms with Crippen LogP contribution in [0.5, 0.6) is 5.75 Å². The Morgan fingerprint density at radius 3 is 2.88 bits per heavy atom. The number of rotatable bonds is 6. The van der Waals surface area contributed by atoms with Gasteiger partial charge in [-0.15, -0.1) is 0 Å². The molecule has 0 unspecified atom stereocenters. The molecule has 5 nitrogen and oxygen atoms in total. The second-order valence-corrected chi connectivity index (χ2v) is 6.74. The fourth-order valence-electron chi connectivity index (χ4n) is 3.03. The standard InChI is InChI=1S/C18H24ClN3O2/c1-21-9-5-15(6-10-21)24-12-2-8-22-11-7-20-18(22)14-3-4-17(23)16(19)13-14/h3-4,7,11,13,15,23H,2,5-6,8-10,12H2,1H3. The second kappa shape index (κ2) is 8.01. The van der Waals surface area contributed by atoms with Crippen LogP contribution in [0.4, 0.5) is 0 Å². The van der Waals surface area contributed by atoms with Crippen molar-refractivity contribution in [3.8, 4) is 17.1 Å². The van der Waals surface area contributed by atoms with Crippen LogP contribution in [0.2, 0.25) is 5.02 Å². The lowest BCUT2D eigenvalue weighted by atomic mass is 10.1. The Kier molecular flexibility index (Phi) is 5.76. The van der Waals surface area contributed by atoms with Gasteiger partial charge >= 0.3 is 0 Å². The molecular formula is C18H24ClN3O2. The van der Waals surface area contributed by atoms with Crippen molar-refractivity contribution in [2.75, 3.05) is 26.7 Å². The zero-order valence-electron chi connectivity index (χ0n) is 14.0. The maximum atomic E-state index is 9.55. The van der Waals surface area contributed by atoms with Gasteiger partial charge in [0.1, 0.15) is 11.6 Å². The van der Waals surface area contributed by atoms with Gasteiger partial charge in [-0.25, -0.2) is 4.98 Å². The van der Waals surface area contributed by atoms with E-state index in [4.69, 9.17) is 16.3 Å². The Balaban J connectivity index is 1.51. The van der Waals surface area contributed by atoms with Crippen LogP contribution in [-0.2, 0) is 11.3 Å². The zero-order valence-corrected chi connectivity index (χ0v) is 14.7. The van der Waals surface area contributed by atoms with E-state index in [2.05, 4.69) is 21.5 Å². The highest BCUT2D eigenvalue weighted by Gasteiger charge is 2.16. The highest BCUT2D eigenvalue weighted by Crippen LogP contribution is 2.28. The molecule has 0 radical (unpaired) electrons. The van der Waals surface area contributed by atoms with Crippen molar-refractivity contribution in [1.29, 1.82) is 0 Å². The fraction of sp³-hybridized carbons (Fsp3) is 0.500. The molecule has 0 aliphatic carbocycles. The minimum atomic E-state index is 0.0880. The van der Waals surface area contributed by atoms with E-state index in [0.29, 0.717) is 11.1 Å². The smallest absolute Gasteiger partial charge is 0.139 e. The average molecular weight is 350 g/mol. The van der Waals surface area contributed by atoms with Gasteiger partial charge in [0.2, 0.25) is 0 Å². The summed E-state index contributed by atoms with van der Waals surface area (Å²) >= 11 is 6.00. The molecule has 1 N–H and O–H groups in total. The summed E-state index contributed by atoms with van der Waals surface area (Å²) in [6, 6.07) is 5.17. The summed E-state index contributed by atoms with van der Waals surface area (Å²) in [5.41, 5.74) is 0.902. The molecule has 6 heteroatoms. The maximum absolute atomic E-state index is 9.55. The lowest BCUT2D eigenvalue weighted by Crippen LogP contribution is -2.34. The van der Waals surface area contributed by atoms with Gasteiger partial charge in [0.05, 0.1) is 11.1 Å². The number of benzene rings is 1. The highest BCUT2D eigenvalue weighted by atomic mass is 35.5. The van der Waals surface area contributed by atoms with E-state index in [1.54, 1.807) is 18.3 Å². The summed E-state index contributed by atoms with van der Waals surface area (Å²) in [6.45, 7) is 3.86. The summed E-state index contributed by atoms with van der Waals surface area (Å²) in [6.07, 6.45) is 7.35. The normalized spacial score (nSPS) is 16.6. The van der Waals surface area contributed by atoms with Crippen molar-refractivity contribution in [2.45, 2.75) is 31.9 Å². The monoisotopic (exact) mass is 349 g/mol. The molecule has 130 valence electrons. The molecule has 24 heavy (non-hydrogen) atoms. The van der Waals surface area contributed by atoms with Crippen LogP contribution < -0.4 is 0 Å². The van der Waals surface area contributed by atoms with Crippen LogP contribution in [0.25, 0.3) is 11.4 Å². The maximum Gasteiger partial charge on any atom is 0.139 e. The van der Waals surface area contributed by atoms with Crippen molar-refractivity contribution in [3.63, 3.8) is 0 Å². The van der Waals surface area contributed by atoms with E-state index in [1.807, 2.05) is 12.3 Å². The first kappa shape index (κ1) is 17.3. The van der Waals surface area contributed by atoms with Crippen LogP contribution in [0.1, 0.15) is 19.3 Å². The number of hydrogen-bond donors (Lipinski definition) is 1. The Morgan fingerprint density at radius 2 is 2.12 bits per heavy atom. The third-order valence-electron chi connectivity index (χ3n) is 4.48. The Labute approximate surface area is 147 Å². The van der Waals surface area contributed by atoms with Gasteiger partial charge in [-0.2, -0.15) is 0 Å². The van der Waals surface area contributed by atoms with Gasteiger partial charge in [0, 0.05) is 44.2 Å². The Bertz CT molecular complexity index is 666. The molecule has 2 aromatic rings. The van der Waals surface area contributed by atoms with Crippen molar-refractivity contribution in [3.05, 3.63) is 35.6 Å². The number of piperidine rings is 1. The van der Waals surface area contributed by atoms with E-state index in [0.717, 1.165) is 56.9 Å². The van der Waals surface area contributed by atoms with E-state index < -0.39 is 0 Å². The van der Waals surface area contributed by atoms with Crippen molar-refractivity contribution in [2.24, 2.45) is 0 Å². The molecule has 0 amide bonds. The molecule has 0 bridgehead atoms. The first-order valence-corrected chi connectivity index (χ1v) is 8.81. The predicted octanol–water partition coefficient (Wildman–Crippen LogP) is 3.41. The molecule has 1 saturated heterocycles. The van der Waals surface area contributed by atoms with Crippen LogP contribution in [0.15, 0.2) is 30.6 Å². The predicted molar refractivity (Wildman–Crippen MR) is 95.4 cm³/mol. The lowest BCUT2D eigenvalue weighted by Gasteiger charge is -2.28. The molecule has 3 rings (SSSR count). The Morgan fingerprint density at radius 1 is 1.33 bits per heavy atom. The molecule has 0 spiro atoms. The second-order valence-electron chi connectivity index (χ2n) is 6.34. The van der Waals surface area contributed by atoms with Crippen LogP contribution in [0.3, 0.4) is 0 Å². The van der Waals surface area contributed by atoms with Crippen LogP contribution in [0, 0.1) is 0 Å². The van der Waals surface area contributed by atoms with Gasteiger partial charge in [-0.05, 0) is 44.5 Å². The molecule has 1 aliphatic heterocycles. The molecule has 0 saturated carbocycles. The quantitative estimate of drug-likeness (QED) is 0.812. The number of ether oxygens (including phenoxy) is 1. The lowest BCUT2D eigenvalue weighted by molar-refractivity contribution is 0.0103. The summed E-state index contributed by atoms with van der Waals surface area (Å²) < 4.78 is 8.09. The zero-order chi connectivity index (χ0) is 16.9. The van der Waals surface area contributed by atoms with Gasteiger partial charge in [0.15, 0.2) is 0 Å². The number of hydrogen-bond acceptors (Lipinski definition) is 4. The summed E-state index contributed by atoms with van der Waals surface area (Å²) in [5, 5.41) is 9.89. The minimum Gasteiger partial charge on any atom is -0.506 e. The highest BCUT2D eigenvalue weighted by molar-refractivity contribution is 6.32. The number of nitrogens with zero attached hydrogens (tertiary/aromatic N) is 3. The summed E-state index contributed by atoms with van der Waals surface area (Å²) in [7, 11) is 2.16.